The van der Waals surface area contributed by atoms with E-state index in [0.29, 0.717) is 18.1 Å². The van der Waals surface area contributed by atoms with Gasteiger partial charge in [0.2, 0.25) is 15.7 Å². The molecule has 0 unspecified atom stereocenters. The number of halogens is 3. The van der Waals surface area contributed by atoms with Gasteiger partial charge in [-0.2, -0.15) is 4.31 Å². The molecular weight excluding hydrogens is 504 g/mol. The van der Waals surface area contributed by atoms with Crippen LogP contribution in [0.2, 0.25) is 10.0 Å². The average Bonchev–Trinajstić information content (AvgIpc) is 3.28. The molecule has 2 fully saturated rings. The minimum Gasteiger partial charge on any atom is -0.493 e. The molecule has 182 valence electrons. The lowest BCUT2D eigenvalue weighted by Crippen LogP contribution is -2.64. The summed E-state index contributed by atoms with van der Waals surface area (Å²) in [5, 5.41) is 3.80. The highest BCUT2D eigenvalue weighted by atomic mass is 35.5. The summed E-state index contributed by atoms with van der Waals surface area (Å²) in [5.41, 5.74) is -0.611. The fourth-order valence-corrected chi connectivity index (χ4v) is 6.57. The van der Waals surface area contributed by atoms with E-state index < -0.39 is 21.3 Å². The SMILES string of the molecule is [C-]#[N+]c1ccc(OCC2(CNC[C@@H]3CCCO3)CN(S(=O)(=O)c3ccc(Cl)cc3Cl)C2)cc1F. The van der Waals surface area contributed by atoms with Crippen molar-refractivity contribution in [1.82, 2.24) is 9.62 Å². The molecule has 0 amide bonds. The Morgan fingerprint density at radius 1 is 1.26 bits per heavy atom. The minimum absolute atomic E-state index is 0.00259. The third-order valence-electron chi connectivity index (χ3n) is 6.02. The van der Waals surface area contributed by atoms with Crippen molar-refractivity contribution in [2.24, 2.45) is 5.41 Å². The molecule has 34 heavy (non-hydrogen) atoms. The van der Waals surface area contributed by atoms with Gasteiger partial charge in [-0.1, -0.05) is 23.2 Å². The maximum atomic E-state index is 14.0. The van der Waals surface area contributed by atoms with Crippen LogP contribution in [0.1, 0.15) is 12.8 Å². The Balaban J connectivity index is 1.46. The zero-order chi connectivity index (χ0) is 24.3. The number of benzene rings is 2. The monoisotopic (exact) mass is 527 g/mol. The van der Waals surface area contributed by atoms with E-state index in [1.54, 1.807) is 0 Å². The minimum atomic E-state index is -3.82. The fourth-order valence-electron chi connectivity index (χ4n) is 4.16. The first-order valence-corrected chi connectivity index (χ1v) is 13.0. The van der Waals surface area contributed by atoms with Crippen LogP contribution in [0.15, 0.2) is 41.3 Å². The number of rotatable bonds is 9. The molecule has 0 spiro atoms. The molecule has 2 saturated heterocycles. The highest BCUT2D eigenvalue weighted by Crippen LogP contribution is 2.38. The number of nitrogens with one attached hydrogen (secondary N) is 1. The molecule has 0 radical (unpaired) electrons. The largest absolute Gasteiger partial charge is 0.493 e. The number of ether oxygens (including phenoxy) is 2. The van der Waals surface area contributed by atoms with Gasteiger partial charge in [0.25, 0.3) is 0 Å². The fraction of sp³-hybridized carbons (Fsp3) is 0.435. The first kappa shape index (κ1) is 25.2. The van der Waals surface area contributed by atoms with Crippen LogP contribution in [0.4, 0.5) is 10.1 Å². The normalized spacial score (nSPS) is 20.0. The number of hydrogen-bond donors (Lipinski definition) is 1. The molecule has 0 saturated carbocycles. The molecule has 1 N–H and O–H groups in total. The molecule has 2 heterocycles. The molecule has 2 aliphatic heterocycles. The molecule has 2 aromatic carbocycles. The van der Waals surface area contributed by atoms with Gasteiger partial charge in [-0.15, -0.1) is 0 Å². The number of nitrogens with zero attached hydrogens (tertiary/aromatic N) is 2. The van der Waals surface area contributed by atoms with E-state index in [4.69, 9.17) is 39.2 Å². The Hall–Kier alpha value is -1.93. The van der Waals surface area contributed by atoms with Crippen LogP contribution >= 0.6 is 23.2 Å². The van der Waals surface area contributed by atoms with Crippen molar-refractivity contribution in [3.8, 4) is 5.75 Å². The van der Waals surface area contributed by atoms with Gasteiger partial charge in [0, 0.05) is 49.3 Å². The molecule has 11 heteroatoms. The molecule has 7 nitrogen and oxygen atoms in total. The second kappa shape index (κ2) is 10.4. The van der Waals surface area contributed by atoms with E-state index >= 15 is 0 Å². The highest BCUT2D eigenvalue weighted by Gasteiger charge is 2.49. The summed E-state index contributed by atoms with van der Waals surface area (Å²) in [5.74, 6) is -0.376. The van der Waals surface area contributed by atoms with Gasteiger partial charge in [-0.3, -0.25) is 0 Å². The average molecular weight is 528 g/mol. The second-order valence-corrected chi connectivity index (χ2v) is 11.4. The Labute approximate surface area is 208 Å². The van der Waals surface area contributed by atoms with Gasteiger partial charge in [0.15, 0.2) is 0 Å². The van der Waals surface area contributed by atoms with Crippen molar-refractivity contribution in [2.45, 2.75) is 23.8 Å². The van der Waals surface area contributed by atoms with Crippen LogP contribution in [-0.2, 0) is 14.8 Å². The zero-order valence-corrected chi connectivity index (χ0v) is 20.6. The molecule has 0 aromatic heterocycles. The van der Waals surface area contributed by atoms with Crippen LogP contribution in [0.3, 0.4) is 0 Å². The van der Waals surface area contributed by atoms with Gasteiger partial charge >= 0.3 is 0 Å². The van der Waals surface area contributed by atoms with Gasteiger partial charge in [0.05, 0.1) is 24.3 Å². The van der Waals surface area contributed by atoms with Crippen LogP contribution in [0, 0.1) is 17.8 Å². The predicted octanol–water partition coefficient (Wildman–Crippen LogP) is 4.52. The van der Waals surface area contributed by atoms with Crippen molar-refractivity contribution in [1.29, 1.82) is 0 Å². The van der Waals surface area contributed by atoms with E-state index in [0.717, 1.165) is 19.4 Å². The van der Waals surface area contributed by atoms with Gasteiger partial charge in [0.1, 0.15) is 16.5 Å². The summed E-state index contributed by atoms with van der Waals surface area (Å²) in [4.78, 5) is 3.11. The second-order valence-electron chi connectivity index (χ2n) is 8.63. The lowest BCUT2D eigenvalue weighted by atomic mass is 9.82. The van der Waals surface area contributed by atoms with Crippen molar-refractivity contribution < 1.29 is 22.3 Å². The highest BCUT2D eigenvalue weighted by molar-refractivity contribution is 7.89. The lowest BCUT2D eigenvalue weighted by molar-refractivity contribution is 0.0156. The van der Waals surface area contributed by atoms with Gasteiger partial charge < -0.3 is 14.8 Å². The Kier molecular flexibility index (Phi) is 7.67. The van der Waals surface area contributed by atoms with Crippen molar-refractivity contribution in [3.05, 3.63) is 63.7 Å². The molecule has 0 bridgehead atoms. The quantitative estimate of drug-likeness (QED) is 0.485. The van der Waals surface area contributed by atoms with Crippen LogP contribution in [0.5, 0.6) is 5.75 Å². The van der Waals surface area contributed by atoms with Crippen molar-refractivity contribution >= 4 is 38.9 Å². The van der Waals surface area contributed by atoms with Gasteiger partial charge in [-0.25, -0.2) is 17.7 Å². The predicted molar refractivity (Wildman–Crippen MR) is 128 cm³/mol. The summed E-state index contributed by atoms with van der Waals surface area (Å²) in [6.45, 7) is 9.45. The first-order chi connectivity index (χ1) is 16.2. The van der Waals surface area contributed by atoms with Crippen LogP contribution in [-0.4, -0.2) is 58.2 Å². The Morgan fingerprint density at radius 2 is 2.06 bits per heavy atom. The Morgan fingerprint density at radius 3 is 2.71 bits per heavy atom. The molecule has 2 aliphatic rings. The first-order valence-electron chi connectivity index (χ1n) is 10.8. The van der Waals surface area contributed by atoms with Crippen molar-refractivity contribution in [3.63, 3.8) is 0 Å². The Bertz CT molecular complexity index is 1190. The summed E-state index contributed by atoms with van der Waals surface area (Å²) >= 11 is 12.1. The maximum Gasteiger partial charge on any atom is 0.244 e. The molecule has 1 atom stereocenters. The number of sulfonamides is 1. The molecule has 2 aromatic rings. The van der Waals surface area contributed by atoms with Gasteiger partial charge in [-0.05, 0) is 43.2 Å². The topological polar surface area (TPSA) is 72.2 Å². The number of hydrogen-bond acceptors (Lipinski definition) is 5. The standard InChI is InChI=1S/C23H24Cl2FN3O4S/c1-27-21-6-5-17(10-20(21)26)33-15-23(12-28-11-18-3-2-8-32-18)13-29(14-23)34(30,31)22-7-4-16(24)9-19(22)25/h4-7,9-10,18,28H,2-3,8,11-15H2/t18-/m0/s1. The van der Waals surface area contributed by atoms with Crippen LogP contribution < -0.4 is 10.1 Å². The smallest absolute Gasteiger partial charge is 0.244 e. The summed E-state index contributed by atoms with van der Waals surface area (Å²) < 4.78 is 53.1. The van der Waals surface area contributed by atoms with E-state index in [1.807, 2.05) is 0 Å². The zero-order valence-electron chi connectivity index (χ0n) is 18.3. The molecule has 4 rings (SSSR count). The van der Waals surface area contributed by atoms with Crippen LogP contribution in [0.25, 0.3) is 4.85 Å². The van der Waals surface area contributed by atoms with E-state index in [1.165, 1.54) is 40.7 Å². The summed E-state index contributed by atoms with van der Waals surface area (Å²) in [7, 11) is -3.82. The van der Waals surface area contributed by atoms with E-state index in [9.17, 15) is 12.8 Å². The third-order valence-corrected chi connectivity index (χ3v) is 8.53. The third kappa shape index (κ3) is 5.48. The maximum absolute atomic E-state index is 14.0. The van der Waals surface area contributed by atoms with E-state index in [-0.39, 0.29) is 47.2 Å². The molecule has 0 aliphatic carbocycles. The summed E-state index contributed by atoms with van der Waals surface area (Å²) in [6.07, 6.45) is 2.15. The lowest BCUT2D eigenvalue weighted by Gasteiger charge is -2.49. The molecular formula is C23H24Cl2FN3O4S. The summed E-state index contributed by atoms with van der Waals surface area (Å²) in [6, 6.07) is 8.34. The van der Waals surface area contributed by atoms with Crippen molar-refractivity contribution in [2.75, 3.05) is 39.4 Å². The van der Waals surface area contributed by atoms with E-state index in [2.05, 4.69) is 10.2 Å².